The molecule has 0 saturated heterocycles. The summed E-state index contributed by atoms with van der Waals surface area (Å²) < 4.78 is 43.6. The van der Waals surface area contributed by atoms with Gasteiger partial charge in [-0.3, -0.25) is 0 Å². The number of anilines is 2. The van der Waals surface area contributed by atoms with Crippen molar-refractivity contribution in [1.29, 1.82) is 0 Å². The Morgan fingerprint density at radius 1 is 1.33 bits per heavy atom. The second-order valence-electron chi connectivity index (χ2n) is 4.14. The lowest BCUT2D eigenvalue weighted by Crippen LogP contribution is -2.17. The number of furan rings is 2. The molecule has 0 saturated carbocycles. The molecule has 0 aliphatic carbocycles. The van der Waals surface area contributed by atoms with Gasteiger partial charge in [-0.25, -0.2) is 14.8 Å². The number of alkyl halides is 3. The minimum atomic E-state index is -4.89. The highest BCUT2D eigenvalue weighted by Gasteiger charge is 2.38. The monoisotopic (exact) mass is 297 g/mol. The van der Waals surface area contributed by atoms with Crippen molar-refractivity contribution in [2.75, 3.05) is 5.32 Å². The van der Waals surface area contributed by atoms with Crippen LogP contribution in [0.3, 0.4) is 0 Å². The van der Waals surface area contributed by atoms with Crippen molar-refractivity contribution in [3.8, 4) is 0 Å². The van der Waals surface area contributed by atoms with Crippen molar-refractivity contribution in [2.45, 2.75) is 6.18 Å². The first-order valence-electron chi connectivity index (χ1n) is 5.61. The number of aromatic carboxylic acids is 1. The highest BCUT2D eigenvalue weighted by atomic mass is 19.4. The number of carboxylic acid groups (broad SMARTS) is 1. The number of hydrogen-bond acceptors (Lipinski definition) is 5. The predicted octanol–water partition coefficient (Wildman–Crippen LogP) is 3.12. The lowest BCUT2D eigenvalue weighted by atomic mass is 10.2. The second-order valence-corrected chi connectivity index (χ2v) is 4.14. The van der Waals surface area contributed by atoms with E-state index < -0.39 is 23.4 Å². The molecule has 21 heavy (non-hydrogen) atoms. The van der Waals surface area contributed by atoms with E-state index in [4.69, 9.17) is 9.52 Å². The van der Waals surface area contributed by atoms with Gasteiger partial charge in [0.25, 0.3) is 0 Å². The topological polar surface area (TPSA) is 88.2 Å². The van der Waals surface area contributed by atoms with Gasteiger partial charge in [0.15, 0.2) is 11.3 Å². The number of aromatic nitrogens is 2. The Labute approximate surface area is 114 Å². The van der Waals surface area contributed by atoms with Crippen LogP contribution in [0.4, 0.5) is 24.8 Å². The molecule has 3 heterocycles. The van der Waals surface area contributed by atoms with E-state index in [-0.39, 0.29) is 5.95 Å². The van der Waals surface area contributed by atoms with Crippen LogP contribution in [0.1, 0.15) is 16.1 Å². The van der Waals surface area contributed by atoms with Gasteiger partial charge in [-0.15, -0.1) is 0 Å². The van der Waals surface area contributed by atoms with Gasteiger partial charge in [0.05, 0.1) is 5.69 Å². The Hall–Kier alpha value is -2.84. The van der Waals surface area contributed by atoms with E-state index in [1.165, 1.54) is 0 Å². The number of carbonyl (C=O) groups is 1. The maximum Gasteiger partial charge on any atom is 0.434 e. The Morgan fingerprint density at radius 3 is 2.62 bits per heavy atom. The smallest absolute Gasteiger partial charge is 0.434 e. The van der Waals surface area contributed by atoms with Gasteiger partial charge in [-0.05, 0) is 12.1 Å². The maximum atomic E-state index is 12.8. The van der Waals surface area contributed by atoms with Crippen molar-refractivity contribution in [2.24, 2.45) is 0 Å². The molecule has 0 atom stereocenters. The molecule has 0 aliphatic heterocycles. The van der Waals surface area contributed by atoms with E-state index in [0.29, 0.717) is 23.1 Å². The molecule has 3 aromatic rings. The van der Waals surface area contributed by atoms with Crippen LogP contribution in [-0.4, -0.2) is 21.0 Å². The SMILES string of the molecule is O=C(O)c1cnc(Nc2cc3ccc2o3)nc1C(F)(F)F. The van der Waals surface area contributed by atoms with Gasteiger partial charge in [-0.1, -0.05) is 0 Å². The minimum absolute atomic E-state index is 0.365. The molecule has 0 aliphatic rings. The summed E-state index contributed by atoms with van der Waals surface area (Å²) in [6.45, 7) is 0. The number of benzene rings is 1. The fraction of sp³-hybridized carbons (Fsp3) is 0.0833. The van der Waals surface area contributed by atoms with Crippen LogP contribution >= 0.6 is 0 Å². The molecule has 2 N–H and O–H groups in total. The zero-order valence-corrected chi connectivity index (χ0v) is 10.1. The van der Waals surface area contributed by atoms with Crippen molar-refractivity contribution < 1.29 is 27.5 Å². The molecule has 0 spiro atoms. The Kier molecular flexibility index (Phi) is 2.71. The minimum Gasteiger partial charge on any atom is -0.478 e. The predicted molar refractivity (Wildman–Crippen MR) is 64.7 cm³/mol. The summed E-state index contributed by atoms with van der Waals surface area (Å²) >= 11 is 0. The van der Waals surface area contributed by atoms with Gasteiger partial charge in [-0.2, -0.15) is 13.2 Å². The van der Waals surface area contributed by atoms with Crippen LogP contribution in [0.2, 0.25) is 0 Å². The number of nitrogens with zero attached hydrogens (tertiary/aromatic N) is 2. The van der Waals surface area contributed by atoms with Gasteiger partial charge in [0, 0.05) is 12.3 Å². The molecule has 9 heteroatoms. The fourth-order valence-corrected chi connectivity index (χ4v) is 1.82. The first-order chi connectivity index (χ1) is 9.84. The fourth-order valence-electron chi connectivity index (χ4n) is 1.82. The van der Waals surface area contributed by atoms with Crippen molar-refractivity contribution >= 4 is 28.8 Å². The zero-order valence-electron chi connectivity index (χ0n) is 10.1. The molecule has 0 amide bonds. The number of fused-ring (bicyclic) bond motifs is 2. The number of rotatable bonds is 3. The third-order valence-electron chi connectivity index (χ3n) is 2.71. The zero-order chi connectivity index (χ0) is 15.2. The van der Waals surface area contributed by atoms with Gasteiger partial charge >= 0.3 is 12.1 Å². The van der Waals surface area contributed by atoms with Crippen LogP contribution in [0.25, 0.3) is 11.2 Å². The van der Waals surface area contributed by atoms with Crippen LogP contribution in [0.5, 0.6) is 0 Å². The first-order valence-corrected chi connectivity index (χ1v) is 5.61. The number of nitrogens with one attached hydrogen (secondary N) is 1. The average Bonchev–Trinajstić information content (AvgIpc) is 2.99. The van der Waals surface area contributed by atoms with E-state index in [9.17, 15) is 18.0 Å². The van der Waals surface area contributed by atoms with Crippen LogP contribution in [0, 0.1) is 0 Å². The van der Waals surface area contributed by atoms with Crippen molar-refractivity contribution in [3.05, 3.63) is 35.7 Å². The third kappa shape index (κ3) is 2.33. The van der Waals surface area contributed by atoms with E-state index in [0.717, 1.165) is 0 Å². The van der Waals surface area contributed by atoms with E-state index in [2.05, 4.69) is 15.3 Å². The largest absolute Gasteiger partial charge is 0.478 e. The highest BCUT2D eigenvalue weighted by Crippen LogP contribution is 2.32. The third-order valence-corrected chi connectivity index (χ3v) is 2.71. The Bertz CT molecular complexity index is 813. The Balaban J connectivity index is 2.00. The maximum absolute atomic E-state index is 12.8. The summed E-state index contributed by atoms with van der Waals surface area (Å²) in [6.07, 6.45) is -4.28. The molecule has 6 nitrogen and oxygen atoms in total. The Morgan fingerprint density at radius 2 is 2.10 bits per heavy atom. The average molecular weight is 297 g/mol. The van der Waals surface area contributed by atoms with Gasteiger partial charge in [0.2, 0.25) is 5.95 Å². The van der Waals surface area contributed by atoms with Crippen LogP contribution < -0.4 is 5.32 Å². The molecule has 3 rings (SSSR count). The molecule has 0 fully saturated rings. The summed E-state index contributed by atoms with van der Waals surface area (Å²) in [5.74, 6) is -2.11. The molecule has 0 aromatic carbocycles. The van der Waals surface area contributed by atoms with Crippen molar-refractivity contribution in [3.63, 3.8) is 0 Å². The second kappa shape index (κ2) is 4.33. The molecular formula is C12H6F3N3O3. The summed E-state index contributed by atoms with van der Waals surface area (Å²) in [6, 6.07) is 4.89. The first kappa shape index (κ1) is 13.2. The molecular weight excluding hydrogens is 291 g/mol. The summed E-state index contributed by atoms with van der Waals surface area (Å²) in [5, 5.41) is 11.3. The van der Waals surface area contributed by atoms with Crippen molar-refractivity contribution in [1.82, 2.24) is 9.97 Å². The van der Waals surface area contributed by atoms with E-state index in [1.807, 2.05) is 0 Å². The quantitative estimate of drug-likeness (QED) is 0.772. The van der Waals surface area contributed by atoms with E-state index >= 15 is 0 Å². The number of halogens is 3. The lowest BCUT2D eigenvalue weighted by molar-refractivity contribution is -0.141. The van der Waals surface area contributed by atoms with Gasteiger partial charge < -0.3 is 14.8 Å². The van der Waals surface area contributed by atoms with Gasteiger partial charge in [0.1, 0.15) is 11.1 Å². The normalized spacial score (nSPS) is 12.0. The standard InChI is InChI=1S/C12H6F3N3O3/c13-12(14,15)9-6(10(19)20)4-16-11(18-9)17-7-3-5-1-2-8(7)21-5/h1-4H,(H,19,20)(H,16,17,18). The summed E-state index contributed by atoms with van der Waals surface area (Å²) in [5.41, 5.74) is -1.13. The van der Waals surface area contributed by atoms with E-state index in [1.54, 1.807) is 18.2 Å². The number of carboxylic acids is 1. The highest BCUT2D eigenvalue weighted by molar-refractivity contribution is 5.89. The molecule has 0 unspecified atom stereocenters. The molecule has 3 aromatic heterocycles. The summed E-state index contributed by atoms with van der Waals surface area (Å²) in [4.78, 5) is 17.6. The van der Waals surface area contributed by atoms with Crippen LogP contribution in [-0.2, 0) is 6.18 Å². The molecule has 108 valence electrons. The molecule has 0 radical (unpaired) electrons. The molecule has 2 bridgehead atoms. The summed E-state index contributed by atoms with van der Waals surface area (Å²) in [7, 11) is 0. The van der Waals surface area contributed by atoms with Crippen LogP contribution in [0.15, 0.2) is 28.8 Å². The lowest BCUT2D eigenvalue weighted by Gasteiger charge is -2.10. The number of hydrogen-bond donors (Lipinski definition) is 2.